The van der Waals surface area contributed by atoms with Crippen molar-refractivity contribution in [1.82, 2.24) is 10.2 Å². The molecule has 0 unspecified atom stereocenters. The number of carbonyl (C=O) groups is 1. The Morgan fingerprint density at radius 3 is 2.87 bits per heavy atom. The summed E-state index contributed by atoms with van der Waals surface area (Å²) in [6, 6.07) is 7.64. The van der Waals surface area contributed by atoms with E-state index in [1.165, 1.54) is 0 Å². The Hall–Kier alpha value is -1.75. The van der Waals surface area contributed by atoms with Crippen molar-refractivity contribution < 1.29 is 14.6 Å². The third-order valence-corrected chi connectivity index (χ3v) is 4.19. The van der Waals surface area contributed by atoms with Crippen molar-refractivity contribution in [2.45, 2.75) is 51.9 Å². The molecule has 0 bridgehead atoms. The lowest BCUT2D eigenvalue weighted by molar-refractivity contribution is 0.114. The summed E-state index contributed by atoms with van der Waals surface area (Å²) in [5, 5.41) is 12.8. The number of hydrogen-bond donors (Lipinski definition) is 2. The summed E-state index contributed by atoms with van der Waals surface area (Å²) >= 11 is 0. The van der Waals surface area contributed by atoms with Crippen molar-refractivity contribution in [3.63, 3.8) is 0 Å². The number of ether oxygens (including phenoxy) is 1. The molecule has 1 aromatic rings. The van der Waals surface area contributed by atoms with E-state index >= 15 is 0 Å². The van der Waals surface area contributed by atoms with Crippen LogP contribution in [0.5, 0.6) is 5.75 Å². The van der Waals surface area contributed by atoms with Gasteiger partial charge in [-0.05, 0) is 44.4 Å². The second kappa shape index (κ2) is 8.20. The number of aliphatic hydroxyl groups is 1. The van der Waals surface area contributed by atoms with E-state index in [0.29, 0.717) is 13.1 Å². The molecule has 2 rings (SSSR count). The largest absolute Gasteiger partial charge is 0.491 e. The molecule has 0 aromatic heterocycles. The molecule has 1 aliphatic rings. The smallest absolute Gasteiger partial charge is 0.317 e. The number of aliphatic hydroxyl groups excluding tert-OH is 1. The summed E-state index contributed by atoms with van der Waals surface area (Å²) in [5.41, 5.74) is 1.01. The van der Waals surface area contributed by atoms with Gasteiger partial charge >= 0.3 is 6.03 Å². The molecule has 2 N–H and O–H groups in total. The molecular formula is C18H28N2O3. The van der Waals surface area contributed by atoms with Crippen LogP contribution in [-0.4, -0.2) is 41.8 Å². The molecule has 128 valence electrons. The highest BCUT2D eigenvalue weighted by atomic mass is 16.5. The number of nitrogens with zero attached hydrogens (tertiary/aromatic N) is 1. The maximum Gasteiger partial charge on any atom is 0.317 e. The molecule has 0 spiro atoms. The molecule has 2 amide bonds. The first-order valence-corrected chi connectivity index (χ1v) is 8.38. The van der Waals surface area contributed by atoms with E-state index in [1.807, 2.05) is 38.1 Å². The number of amides is 2. The first kappa shape index (κ1) is 17.6. The zero-order valence-electron chi connectivity index (χ0n) is 14.3. The number of carbonyl (C=O) groups excluding carboxylic acids is 1. The van der Waals surface area contributed by atoms with Crippen molar-refractivity contribution in [3.8, 4) is 5.75 Å². The van der Waals surface area contributed by atoms with Gasteiger partial charge in [-0.3, -0.25) is 0 Å². The summed E-state index contributed by atoms with van der Waals surface area (Å²) in [4.78, 5) is 13.8. The number of nitrogens with one attached hydrogen (secondary N) is 1. The number of benzene rings is 1. The van der Waals surface area contributed by atoms with Gasteiger partial charge in [0.1, 0.15) is 5.75 Å². The van der Waals surface area contributed by atoms with E-state index in [9.17, 15) is 9.90 Å². The molecule has 0 saturated heterocycles. The van der Waals surface area contributed by atoms with Crippen molar-refractivity contribution in [2.75, 3.05) is 13.6 Å². The fourth-order valence-electron chi connectivity index (χ4n) is 2.98. The van der Waals surface area contributed by atoms with Crippen LogP contribution in [0.4, 0.5) is 4.79 Å². The van der Waals surface area contributed by atoms with Crippen LogP contribution in [-0.2, 0) is 6.54 Å². The fraction of sp³-hybridized carbons (Fsp3) is 0.611. The van der Waals surface area contributed by atoms with E-state index in [2.05, 4.69) is 5.32 Å². The summed E-state index contributed by atoms with van der Waals surface area (Å²) in [5.74, 6) is 1.02. The molecule has 5 nitrogen and oxygen atoms in total. The molecule has 0 aliphatic heterocycles. The lowest BCUT2D eigenvalue weighted by Crippen LogP contribution is -2.40. The Morgan fingerprint density at radius 2 is 2.22 bits per heavy atom. The zero-order chi connectivity index (χ0) is 16.8. The first-order chi connectivity index (χ1) is 11.0. The van der Waals surface area contributed by atoms with Crippen LogP contribution in [0.15, 0.2) is 24.3 Å². The Morgan fingerprint density at radius 1 is 1.43 bits per heavy atom. The summed E-state index contributed by atoms with van der Waals surface area (Å²) in [6.45, 7) is 5.04. The standard InChI is InChI=1S/C18H28N2O3/c1-13(2)23-16-8-4-6-14(10-16)11-19-18(22)20(3)12-15-7-5-9-17(15)21/h4,6,8,10,13,15,17,21H,5,7,9,11-12H2,1-3H3,(H,19,22)/t15-,17-/m1/s1. The van der Waals surface area contributed by atoms with Crippen LogP contribution in [0, 0.1) is 5.92 Å². The minimum Gasteiger partial charge on any atom is -0.491 e. The van der Waals surface area contributed by atoms with Crippen LogP contribution in [0.1, 0.15) is 38.7 Å². The Kier molecular flexibility index (Phi) is 6.28. The molecule has 1 fully saturated rings. The van der Waals surface area contributed by atoms with Gasteiger partial charge in [0, 0.05) is 26.1 Å². The maximum absolute atomic E-state index is 12.2. The van der Waals surface area contributed by atoms with Crippen molar-refractivity contribution in [1.29, 1.82) is 0 Å². The quantitative estimate of drug-likeness (QED) is 0.847. The average Bonchev–Trinajstić information content (AvgIpc) is 2.89. The highest BCUT2D eigenvalue weighted by Gasteiger charge is 2.27. The fourth-order valence-corrected chi connectivity index (χ4v) is 2.98. The lowest BCUT2D eigenvalue weighted by Gasteiger charge is -2.23. The van der Waals surface area contributed by atoms with Gasteiger partial charge in [0.15, 0.2) is 0 Å². The third-order valence-electron chi connectivity index (χ3n) is 4.19. The molecule has 2 atom stereocenters. The van der Waals surface area contributed by atoms with Crippen LogP contribution >= 0.6 is 0 Å². The van der Waals surface area contributed by atoms with Crippen molar-refractivity contribution >= 4 is 6.03 Å². The predicted molar refractivity (Wildman–Crippen MR) is 90.4 cm³/mol. The van der Waals surface area contributed by atoms with E-state index in [4.69, 9.17) is 4.74 Å². The molecule has 1 saturated carbocycles. The average molecular weight is 320 g/mol. The van der Waals surface area contributed by atoms with E-state index in [0.717, 1.165) is 30.6 Å². The molecule has 1 aliphatic carbocycles. The Labute approximate surface area is 138 Å². The van der Waals surface area contributed by atoms with Gasteiger partial charge in [-0.25, -0.2) is 4.79 Å². The Bertz CT molecular complexity index is 519. The molecular weight excluding hydrogens is 292 g/mol. The summed E-state index contributed by atoms with van der Waals surface area (Å²) in [7, 11) is 1.78. The minimum atomic E-state index is -0.268. The second-order valence-corrected chi connectivity index (χ2v) is 6.61. The molecule has 23 heavy (non-hydrogen) atoms. The number of urea groups is 1. The van der Waals surface area contributed by atoms with Crippen LogP contribution in [0.25, 0.3) is 0 Å². The van der Waals surface area contributed by atoms with Gasteiger partial charge < -0.3 is 20.1 Å². The van der Waals surface area contributed by atoms with Crippen LogP contribution < -0.4 is 10.1 Å². The normalized spacial score (nSPS) is 20.6. The monoisotopic (exact) mass is 320 g/mol. The molecule has 1 aromatic carbocycles. The van der Waals surface area contributed by atoms with Gasteiger partial charge in [0.25, 0.3) is 0 Å². The Balaban J connectivity index is 1.81. The van der Waals surface area contributed by atoms with E-state index in [1.54, 1.807) is 11.9 Å². The first-order valence-electron chi connectivity index (χ1n) is 8.38. The number of rotatable bonds is 6. The van der Waals surface area contributed by atoms with Crippen LogP contribution in [0.2, 0.25) is 0 Å². The van der Waals surface area contributed by atoms with Crippen molar-refractivity contribution in [3.05, 3.63) is 29.8 Å². The lowest BCUT2D eigenvalue weighted by atomic mass is 10.1. The number of hydrogen-bond acceptors (Lipinski definition) is 3. The van der Waals surface area contributed by atoms with Gasteiger partial charge in [-0.15, -0.1) is 0 Å². The molecule has 5 heteroatoms. The minimum absolute atomic E-state index is 0.112. The SMILES string of the molecule is CC(C)Oc1cccc(CNC(=O)N(C)C[C@H]2CCC[C@H]2O)c1. The summed E-state index contributed by atoms with van der Waals surface area (Å²) in [6.07, 6.45) is 2.75. The topological polar surface area (TPSA) is 61.8 Å². The van der Waals surface area contributed by atoms with Gasteiger partial charge in [-0.2, -0.15) is 0 Å². The van der Waals surface area contributed by atoms with E-state index in [-0.39, 0.29) is 24.2 Å². The highest BCUT2D eigenvalue weighted by Crippen LogP contribution is 2.26. The van der Waals surface area contributed by atoms with Gasteiger partial charge in [0.2, 0.25) is 0 Å². The van der Waals surface area contributed by atoms with Crippen LogP contribution in [0.3, 0.4) is 0 Å². The van der Waals surface area contributed by atoms with Gasteiger partial charge in [-0.1, -0.05) is 18.6 Å². The summed E-state index contributed by atoms with van der Waals surface area (Å²) < 4.78 is 5.66. The van der Waals surface area contributed by atoms with E-state index < -0.39 is 0 Å². The predicted octanol–water partition coefficient (Wildman–Crippen LogP) is 2.78. The van der Waals surface area contributed by atoms with Crippen molar-refractivity contribution in [2.24, 2.45) is 5.92 Å². The zero-order valence-corrected chi connectivity index (χ0v) is 14.3. The second-order valence-electron chi connectivity index (χ2n) is 6.61. The maximum atomic E-state index is 12.2. The third kappa shape index (κ3) is 5.43. The highest BCUT2D eigenvalue weighted by molar-refractivity contribution is 5.73. The molecule has 0 heterocycles. The van der Waals surface area contributed by atoms with Gasteiger partial charge in [0.05, 0.1) is 12.2 Å². The molecule has 0 radical (unpaired) electrons.